The highest BCUT2D eigenvalue weighted by Gasteiger charge is 2.23. The second kappa shape index (κ2) is 4.28. The third-order valence-electron chi connectivity index (χ3n) is 2.38. The average molecular weight is 205 g/mol. The van der Waals surface area contributed by atoms with E-state index in [1.807, 2.05) is 19.9 Å². The molecule has 1 unspecified atom stereocenters. The van der Waals surface area contributed by atoms with Gasteiger partial charge in [0.2, 0.25) is 0 Å². The quantitative estimate of drug-likeness (QED) is 0.785. The van der Waals surface area contributed by atoms with Gasteiger partial charge in [0.25, 0.3) is 0 Å². The Bertz CT molecular complexity index is 380. The minimum absolute atomic E-state index is 0.471. The maximum atomic E-state index is 9.51. The molecule has 0 fully saturated rings. The Morgan fingerprint density at radius 2 is 2.27 bits per heavy atom. The maximum Gasteiger partial charge on any atom is 0.127 e. The molecule has 0 radical (unpaired) electrons. The van der Waals surface area contributed by atoms with Gasteiger partial charge in [-0.1, -0.05) is 0 Å². The van der Waals surface area contributed by atoms with Crippen LogP contribution in [0.2, 0.25) is 0 Å². The first-order chi connectivity index (χ1) is 6.95. The van der Waals surface area contributed by atoms with E-state index in [4.69, 9.17) is 5.26 Å². The van der Waals surface area contributed by atoms with E-state index in [1.54, 1.807) is 25.3 Å². The molecule has 15 heavy (non-hydrogen) atoms. The summed E-state index contributed by atoms with van der Waals surface area (Å²) in [6.45, 7) is 5.46. The van der Waals surface area contributed by atoms with E-state index in [0.717, 1.165) is 0 Å². The van der Waals surface area contributed by atoms with Gasteiger partial charge in [0, 0.05) is 6.20 Å². The minimum atomic E-state index is -0.509. The molecule has 0 saturated heterocycles. The van der Waals surface area contributed by atoms with Crippen molar-refractivity contribution in [1.29, 1.82) is 5.26 Å². The molecule has 0 aliphatic heterocycles. The highest BCUT2D eigenvalue weighted by molar-refractivity contribution is 5.44. The number of aliphatic hydroxyl groups excluding tert-OH is 1. The molecule has 0 spiro atoms. The van der Waals surface area contributed by atoms with Crippen molar-refractivity contribution in [2.45, 2.75) is 32.4 Å². The van der Waals surface area contributed by atoms with Crippen LogP contribution in [0.15, 0.2) is 18.3 Å². The summed E-state index contributed by atoms with van der Waals surface area (Å²) < 4.78 is 0. The molecule has 0 bridgehead atoms. The van der Waals surface area contributed by atoms with Crippen LogP contribution in [0.1, 0.15) is 26.3 Å². The Morgan fingerprint density at radius 1 is 1.60 bits per heavy atom. The van der Waals surface area contributed by atoms with Crippen molar-refractivity contribution in [2.75, 3.05) is 5.32 Å². The largest absolute Gasteiger partial charge is 0.391 e. The standard InChI is InChI=1S/C11H15N3O/c1-8(15)11(2,3)14-10-6-9(7-12)4-5-13-10/h4-6,8,15H,1-3H3,(H,13,14). The molecule has 2 N–H and O–H groups in total. The van der Waals surface area contributed by atoms with E-state index in [0.29, 0.717) is 11.4 Å². The van der Waals surface area contributed by atoms with E-state index >= 15 is 0 Å². The fourth-order valence-electron chi connectivity index (χ4n) is 1.00. The first kappa shape index (κ1) is 11.5. The van der Waals surface area contributed by atoms with Crippen molar-refractivity contribution < 1.29 is 5.11 Å². The fraction of sp³-hybridized carbons (Fsp3) is 0.455. The van der Waals surface area contributed by atoms with Crippen LogP contribution >= 0.6 is 0 Å². The van der Waals surface area contributed by atoms with Crippen molar-refractivity contribution in [3.05, 3.63) is 23.9 Å². The topological polar surface area (TPSA) is 68.9 Å². The number of nitrogens with zero attached hydrogens (tertiary/aromatic N) is 2. The van der Waals surface area contributed by atoms with Gasteiger partial charge in [-0.2, -0.15) is 5.26 Å². The van der Waals surface area contributed by atoms with Gasteiger partial charge < -0.3 is 10.4 Å². The van der Waals surface area contributed by atoms with Gasteiger partial charge >= 0.3 is 0 Å². The molecule has 1 atom stereocenters. The van der Waals surface area contributed by atoms with Gasteiger partial charge in [-0.15, -0.1) is 0 Å². The molecule has 0 saturated carbocycles. The lowest BCUT2D eigenvalue weighted by Crippen LogP contribution is -2.42. The van der Waals surface area contributed by atoms with Gasteiger partial charge in [0.05, 0.1) is 23.3 Å². The van der Waals surface area contributed by atoms with E-state index in [-0.39, 0.29) is 0 Å². The zero-order valence-electron chi connectivity index (χ0n) is 9.15. The van der Waals surface area contributed by atoms with E-state index in [9.17, 15) is 5.11 Å². The molecular weight excluding hydrogens is 190 g/mol. The van der Waals surface area contributed by atoms with Crippen LogP contribution in [0.5, 0.6) is 0 Å². The first-order valence-electron chi connectivity index (χ1n) is 4.78. The van der Waals surface area contributed by atoms with Gasteiger partial charge in [0.15, 0.2) is 0 Å². The van der Waals surface area contributed by atoms with Crippen LogP contribution in [0, 0.1) is 11.3 Å². The van der Waals surface area contributed by atoms with Crippen LogP contribution in [-0.2, 0) is 0 Å². The normalized spacial score (nSPS) is 13.0. The highest BCUT2D eigenvalue weighted by Crippen LogP contribution is 2.16. The van der Waals surface area contributed by atoms with Crippen molar-refractivity contribution >= 4 is 5.82 Å². The fourth-order valence-corrected chi connectivity index (χ4v) is 1.00. The van der Waals surface area contributed by atoms with Crippen LogP contribution in [0.3, 0.4) is 0 Å². The molecule has 80 valence electrons. The van der Waals surface area contributed by atoms with Gasteiger partial charge in [-0.25, -0.2) is 4.98 Å². The number of rotatable bonds is 3. The van der Waals surface area contributed by atoms with E-state index in [2.05, 4.69) is 10.3 Å². The summed E-state index contributed by atoms with van der Waals surface area (Å²) in [5.41, 5.74) is 0.0787. The number of anilines is 1. The van der Waals surface area contributed by atoms with Crippen molar-refractivity contribution in [2.24, 2.45) is 0 Å². The molecule has 4 heteroatoms. The lowest BCUT2D eigenvalue weighted by molar-refractivity contribution is 0.133. The first-order valence-corrected chi connectivity index (χ1v) is 4.78. The Morgan fingerprint density at radius 3 is 2.80 bits per heavy atom. The lowest BCUT2D eigenvalue weighted by atomic mass is 9.99. The summed E-state index contributed by atoms with van der Waals surface area (Å²) in [4.78, 5) is 4.08. The van der Waals surface area contributed by atoms with Crippen molar-refractivity contribution in [3.8, 4) is 6.07 Å². The average Bonchev–Trinajstić information content (AvgIpc) is 2.17. The number of nitrogens with one attached hydrogen (secondary N) is 1. The second-order valence-corrected chi connectivity index (χ2v) is 4.06. The number of hydrogen-bond acceptors (Lipinski definition) is 4. The van der Waals surface area contributed by atoms with Gasteiger partial charge in [0.1, 0.15) is 5.82 Å². The van der Waals surface area contributed by atoms with Gasteiger partial charge in [-0.3, -0.25) is 0 Å². The summed E-state index contributed by atoms with van der Waals surface area (Å²) in [7, 11) is 0. The third kappa shape index (κ3) is 2.93. The summed E-state index contributed by atoms with van der Waals surface area (Å²) in [5, 5.41) is 21.3. The predicted molar refractivity (Wildman–Crippen MR) is 58.3 cm³/mol. The predicted octanol–water partition coefficient (Wildman–Crippen LogP) is 1.52. The molecule has 4 nitrogen and oxygen atoms in total. The van der Waals surface area contributed by atoms with E-state index in [1.165, 1.54) is 0 Å². The van der Waals surface area contributed by atoms with Gasteiger partial charge in [-0.05, 0) is 32.9 Å². The van der Waals surface area contributed by atoms with Crippen molar-refractivity contribution in [3.63, 3.8) is 0 Å². The summed E-state index contributed by atoms with van der Waals surface area (Å²) >= 11 is 0. The number of pyridine rings is 1. The molecule has 0 aliphatic rings. The van der Waals surface area contributed by atoms with Crippen LogP contribution in [-0.4, -0.2) is 21.7 Å². The summed E-state index contributed by atoms with van der Waals surface area (Å²) in [5.74, 6) is 0.597. The zero-order chi connectivity index (χ0) is 11.5. The highest BCUT2D eigenvalue weighted by atomic mass is 16.3. The minimum Gasteiger partial charge on any atom is -0.391 e. The number of nitriles is 1. The molecule has 0 aromatic carbocycles. The molecule has 1 heterocycles. The second-order valence-electron chi connectivity index (χ2n) is 4.06. The Hall–Kier alpha value is -1.60. The number of hydrogen-bond donors (Lipinski definition) is 2. The Labute approximate surface area is 89.6 Å². The molecule has 1 aromatic rings. The van der Waals surface area contributed by atoms with E-state index < -0.39 is 11.6 Å². The Balaban J connectivity index is 2.86. The van der Waals surface area contributed by atoms with Crippen LogP contribution in [0.4, 0.5) is 5.82 Å². The smallest absolute Gasteiger partial charge is 0.127 e. The molecule has 1 aromatic heterocycles. The Kier molecular flexibility index (Phi) is 3.28. The van der Waals surface area contributed by atoms with Crippen molar-refractivity contribution in [1.82, 2.24) is 4.98 Å². The molecule has 0 amide bonds. The van der Waals surface area contributed by atoms with Crippen LogP contribution < -0.4 is 5.32 Å². The number of aliphatic hydroxyl groups is 1. The zero-order valence-corrected chi connectivity index (χ0v) is 9.15. The lowest BCUT2D eigenvalue weighted by Gasteiger charge is -2.29. The van der Waals surface area contributed by atoms with Crippen LogP contribution in [0.25, 0.3) is 0 Å². The molecular formula is C11H15N3O. The molecule has 1 rings (SSSR count). The monoisotopic (exact) mass is 205 g/mol. The maximum absolute atomic E-state index is 9.51. The summed E-state index contributed by atoms with van der Waals surface area (Å²) in [6, 6.07) is 5.34. The molecule has 0 aliphatic carbocycles. The summed E-state index contributed by atoms with van der Waals surface area (Å²) in [6.07, 6.45) is 1.06. The number of aromatic nitrogens is 1. The third-order valence-corrected chi connectivity index (χ3v) is 2.38. The SMILES string of the molecule is CC(O)C(C)(C)Nc1cc(C#N)ccn1.